The van der Waals surface area contributed by atoms with E-state index in [0.29, 0.717) is 0 Å². The fourth-order valence-electron chi connectivity index (χ4n) is 3.36. The molecule has 4 rings (SSSR count). The van der Waals surface area contributed by atoms with Gasteiger partial charge in [-0.15, -0.1) is 0 Å². The Morgan fingerprint density at radius 2 is 1.92 bits per heavy atom. The number of fused-ring (bicyclic) bond motifs is 2. The third-order valence-electron chi connectivity index (χ3n) is 4.63. The number of aromatic nitrogens is 2. The third kappa shape index (κ3) is 3.15. The highest BCUT2D eigenvalue weighted by Crippen LogP contribution is 2.30. The summed E-state index contributed by atoms with van der Waals surface area (Å²) in [6, 6.07) is 12.7. The quantitative estimate of drug-likeness (QED) is 0.784. The molecular formula is C19H19N3O2S. The number of hydrogen-bond acceptors (Lipinski definition) is 4. The molecule has 0 amide bonds. The van der Waals surface area contributed by atoms with Gasteiger partial charge < -0.3 is 0 Å². The molecule has 0 bridgehead atoms. The van der Waals surface area contributed by atoms with Gasteiger partial charge in [-0.25, -0.2) is 23.1 Å². The number of aryl methyl sites for hydroxylation is 2. The second-order valence-electron chi connectivity index (χ2n) is 6.39. The first kappa shape index (κ1) is 16.2. The molecule has 0 radical (unpaired) electrons. The molecule has 0 saturated heterocycles. The minimum absolute atomic E-state index is 0.277. The van der Waals surface area contributed by atoms with E-state index in [4.69, 9.17) is 0 Å². The first-order valence-corrected chi connectivity index (χ1v) is 9.85. The lowest BCUT2D eigenvalue weighted by molar-refractivity contribution is 0.499. The lowest BCUT2D eigenvalue weighted by atomic mass is 9.93. The predicted molar refractivity (Wildman–Crippen MR) is 96.7 cm³/mol. The number of hydrogen-bond donors (Lipinski definition) is 1. The zero-order valence-corrected chi connectivity index (χ0v) is 14.8. The number of benzene rings is 2. The van der Waals surface area contributed by atoms with E-state index < -0.39 is 10.0 Å². The average Bonchev–Trinajstić information content (AvgIpc) is 2.61. The van der Waals surface area contributed by atoms with Crippen LogP contribution in [0, 0.1) is 6.92 Å². The maximum absolute atomic E-state index is 12.9. The van der Waals surface area contributed by atoms with Gasteiger partial charge in [0.2, 0.25) is 10.0 Å². The highest BCUT2D eigenvalue weighted by atomic mass is 32.2. The minimum Gasteiger partial charge on any atom is -0.241 e. The van der Waals surface area contributed by atoms with Gasteiger partial charge in [0.1, 0.15) is 5.82 Å². The molecular weight excluding hydrogens is 334 g/mol. The Balaban J connectivity index is 1.67. The summed E-state index contributed by atoms with van der Waals surface area (Å²) in [5.74, 6) is 0.719. The topological polar surface area (TPSA) is 72.0 Å². The van der Waals surface area contributed by atoms with Crippen LogP contribution in [0.5, 0.6) is 0 Å². The summed E-state index contributed by atoms with van der Waals surface area (Å²) in [4.78, 5) is 8.99. The van der Waals surface area contributed by atoms with Crippen molar-refractivity contribution < 1.29 is 8.42 Å². The first-order chi connectivity index (χ1) is 12.0. The van der Waals surface area contributed by atoms with E-state index in [1.807, 2.05) is 37.3 Å². The van der Waals surface area contributed by atoms with Gasteiger partial charge in [0.25, 0.3) is 0 Å². The summed E-state index contributed by atoms with van der Waals surface area (Å²) in [6.07, 6.45) is 4.29. The highest BCUT2D eigenvalue weighted by Gasteiger charge is 2.27. The molecule has 0 aliphatic heterocycles. The van der Waals surface area contributed by atoms with Crippen LogP contribution in [0.1, 0.15) is 36.0 Å². The van der Waals surface area contributed by atoms with E-state index in [2.05, 4.69) is 14.7 Å². The van der Waals surface area contributed by atoms with E-state index in [-0.39, 0.29) is 10.9 Å². The maximum Gasteiger partial charge on any atom is 0.241 e. The Bertz CT molecular complexity index is 1050. The molecule has 1 N–H and O–H groups in total. The molecule has 0 saturated carbocycles. The Hall–Kier alpha value is -2.31. The number of rotatable bonds is 3. The Morgan fingerprint density at radius 3 is 2.76 bits per heavy atom. The fourth-order valence-corrected chi connectivity index (χ4v) is 4.64. The van der Waals surface area contributed by atoms with Gasteiger partial charge in [0.05, 0.1) is 10.9 Å². The van der Waals surface area contributed by atoms with Gasteiger partial charge in [-0.2, -0.15) is 0 Å². The Kier molecular flexibility index (Phi) is 4.01. The largest absolute Gasteiger partial charge is 0.241 e. The molecule has 1 aliphatic carbocycles. The van der Waals surface area contributed by atoms with Crippen LogP contribution in [-0.2, 0) is 16.4 Å². The third-order valence-corrected chi connectivity index (χ3v) is 6.10. The molecule has 6 heteroatoms. The standard InChI is InChI=1S/C19H19N3O2S/c1-13-20-12-17-18(21-13)7-4-8-19(17)22-25(23,24)16-10-9-14-5-2-3-6-15(14)11-16/h2-3,5-6,9-12,19,22H,4,7-8H2,1H3/t19-/m0/s1. The normalized spacial score (nSPS) is 17.4. The van der Waals surface area contributed by atoms with Crippen molar-refractivity contribution in [2.45, 2.75) is 37.1 Å². The van der Waals surface area contributed by atoms with Gasteiger partial charge >= 0.3 is 0 Å². The van der Waals surface area contributed by atoms with E-state index in [0.717, 1.165) is 47.1 Å². The van der Waals surface area contributed by atoms with Gasteiger partial charge in [0, 0.05) is 17.5 Å². The molecule has 0 fully saturated rings. The predicted octanol–water partition coefficient (Wildman–Crippen LogP) is 3.29. The van der Waals surface area contributed by atoms with E-state index in [9.17, 15) is 8.42 Å². The molecule has 5 nitrogen and oxygen atoms in total. The van der Waals surface area contributed by atoms with E-state index >= 15 is 0 Å². The zero-order chi connectivity index (χ0) is 17.4. The summed E-state index contributed by atoms with van der Waals surface area (Å²) in [5, 5.41) is 1.93. The summed E-state index contributed by atoms with van der Waals surface area (Å²) < 4.78 is 28.6. The van der Waals surface area contributed by atoms with E-state index in [1.54, 1.807) is 18.3 Å². The van der Waals surface area contributed by atoms with Crippen LogP contribution in [-0.4, -0.2) is 18.4 Å². The second-order valence-corrected chi connectivity index (χ2v) is 8.11. The molecule has 3 aromatic rings. The minimum atomic E-state index is -3.61. The lowest BCUT2D eigenvalue weighted by Gasteiger charge is -2.25. The summed E-state index contributed by atoms with van der Waals surface area (Å²) in [6.45, 7) is 1.85. The summed E-state index contributed by atoms with van der Waals surface area (Å²) in [7, 11) is -3.61. The van der Waals surface area contributed by atoms with Gasteiger partial charge in [-0.1, -0.05) is 30.3 Å². The van der Waals surface area contributed by atoms with Crippen molar-refractivity contribution in [2.24, 2.45) is 0 Å². The van der Waals surface area contributed by atoms with Crippen molar-refractivity contribution in [1.82, 2.24) is 14.7 Å². The highest BCUT2D eigenvalue weighted by molar-refractivity contribution is 7.89. The number of nitrogens with zero attached hydrogens (tertiary/aromatic N) is 2. The number of sulfonamides is 1. The smallest absolute Gasteiger partial charge is 0.241 e. The van der Waals surface area contributed by atoms with Gasteiger partial charge in [-0.3, -0.25) is 0 Å². The van der Waals surface area contributed by atoms with Crippen molar-refractivity contribution >= 4 is 20.8 Å². The van der Waals surface area contributed by atoms with Crippen LogP contribution < -0.4 is 4.72 Å². The van der Waals surface area contributed by atoms with Crippen molar-refractivity contribution in [1.29, 1.82) is 0 Å². The van der Waals surface area contributed by atoms with Crippen molar-refractivity contribution in [3.8, 4) is 0 Å². The van der Waals surface area contributed by atoms with Crippen LogP contribution in [0.4, 0.5) is 0 Å². The first-order valence-electron chi connectivity index (χ1n) is 8.36. The Morgan fingerprint density at radius 1 is 1.12 bits per heavy atom. The van der Waals surface area contributed by atoms with Crippen molar-refractivity contribution in [3.05, 3.63) is 65.7 Å². The SMILES string of the molecule is Cc1ncc2c(n1)CCC[C@@H]2NS(=O)(=O)c1ccc2ccccc2c1. The molecule has 128 valence electrons. The van der Waals surface area contributed by atoms with Crippen LogP contribution in [0.3, 0.4) is 0 Å². The van der Waals surface area contributed by atoms with Gasteiger partial charge in [-0.05, 0) is 49.1 Å². The van der Waals surface area contributed by atoms with E-state index in [1.165, 1.54) is 0 Å². The van der Waals surface area contributed by atoms with Crippen LogP contribution in [0.15, 0.2) is 53.6 Å². The van der Waals surface area contributed by atoms with Crippen molar-refractivity contribution in [2.75, 3.05) is 0 Å². The monoisotopic (exact) mass is 353 g/mol. The molecule has 1 heterocycles. The van der Waals surface area contributed by atoms with Gasteiger partial charge in [0.15, 0.2) is 0 Å². The number of nitrogens with one attached hydrogen (secondary N) is 1. The maximum atomic E-state index is 12.9. The molecule has 0 spiro atoms. The second kappa shape index (κ2) is 6.20. The average molecular weight is 353 g/mol. The van der Waals surface area contributed by atoms with Crippen LogP contribution >= 0.6 is 0 Å². The molecule has 2 aromatic carbocycles. The molecule has 1 atom stereocenters. The van der Waals surface area contributed by atoms with Crippen LogP contribution in [0.25, 0.3) is 10.8 Å². The molecule has 0 unspecified atom stereocenters. The summed E-state index contributed by atoms with van der Waals surface area (Å²) in [5.41, 5.74) is 1.84. The lowest BCUT2D eigenvalue weighted by Crippen LogP contribution is -2.31. The fraction of sp³-hybridized carbons (Fsp3) is 0.263. The molecule has 1 aliphatic rings. The zero-order valence-electron chi connectivity index (χ0n) is 13.9. The summed E-state index contributed by atoms with van der Waals surface area (Å²) >= 11 is 0. The van der Waals surface area contributed by atoms with Crippen molar-refractivity contribution in [3.63, 3.8) is 0 Å². The van der Waals surface area contributed by atoms with Crippen LogP contribution in [0.2, 0.25) is 0 Å². The molecule has 1 aromatic heterocycles. The molecule has 25 heavy (non-hydrogen) atoms. The Labute approximate surface area is 147 Å².